The first-order chi connectivity index (χ1) is 12.6. The van der Waals surface area contributed by atoms with Crippen LogP contribution in [0.5, 0.6) is 5.75 Å². The van der Waals surface area contributed by atoms with Gasteiger partial charge in [-0.3, -0.25) is 9.78 Å². The van der Waals surface area contributed by atoms with Crippen LogP contribution in [-0.4, -0.2) is 23.1 Å². The molecule has 1 amide bonds. The van der Waals surface area contributed by atoms with E-state index in [1.807, 2.05) is 12.3 Å². The number of esters is 1. The fraction of sp³-hybridized carbons (Fsp3) is 0.0526. The number of aryl methyl sites for hydroxylation is 1. The molecule has 0 saturated carbocycles. The molecule has 0 radical (unpaired) electrons. The number of benzene rings is 1. The molecule has 0 atom stereocenters. The number of carbonyl (C=O) groups excluding carboxylic acids is 2. The number of nitrogens with zero attached hydrogens (tertiary/aromatic N) is 2. The van der Waals surface area contributed by atoms with Crippen molar-refractivity contribution in [1.82, 2.24) is 10.4 Å². The van der Waals surface area contributed by atoms with Gasteiger partial charge < -0.3 is 4.74 Å². The lowest BCUT2D eigenvalue weighted by atomic mass is 10.2. The van der Waals surface area contributed by atoms with Crippen LogP contribution >= 0.6 is 11.3 Å². The summed E-state index contributed by atoms with van der Waals surface area (Å²) in [6, 6.07) is 13.8. The average Bonchev–Trinajstić information content (AvgIpc) is 3.17. The van der Waals surface area contributed by atoms with Gasteiger partial charge in [0.1, 0.15) is 10.6 Å². The standard InChI is InChI=1S/C19H15N3O3S/c1-13-7-8-15(12-20-13)18(23)22-21-11-14-4-2-5-16(10-14)25-19(24)17-6-3-9-26-17/h2-12H,1H3,(H,22,23)/b21-11+. The largest absolute Gasteiger partial charge is 0.422 e. The Morgan fingerprint density at radius 2 is 2.08 bits per heavy atom. The van der Waals surface area contributed by atoms with E-state index in [0.717, 1.165) is 5.69 Å². The molecule has 0 aliphatic carbocycles. The summed E-state index contributed by atoms with van der Waals surface area (Å²) in [6.07, 6.45) is 2.97. The van der Waals surface area contributed by atoms with Gasteiger partial charge in [0.05, 0.1) is 11.8 Å². The molecule has 0 unspecified atom stereocenters. The molecule has 0 aliphatic rings. The van der Waals surface area contributed by atoms with E-state index in [1.54, 1.807) is 48.5 Å². The number of amides is 1. The van der Waals surface area contributed by atoms with Crippen molar-refractivity contribution in [3.05, 3.63) is 81.8 Å². The minimum absolute atomic E-state index is 0.353. The second kappa shape index (κ2) is 8.17. The van der Waals surface area contributed by atoms with Crippen molar-refractivity contribution in [1.29, 1.82) is 0 Å². The van der Waals surface area contributed by atoms with Crippen molar-refractivity contribution in [2.45, 2.75) is 6.92 Å². The molecule has 7 heteroatoms. The zero-order valence-electron chi connectivity index (χ0n) is 13.9. The summed E-state index contributed by atoms with van der Waals surface area (Å²) >= 11 is 1.32. The highest BCUT2D eigenvalue weighted by atomic mass is 32.1. The maximum Gasteiger partial charge on any atom is 0.353 e. The van der Waals surface area contributed by atoms with Gasteiger partial charge in [-0.15, -0.1) is 11.3 Å². The minimum Gasteiger partial charge on any atom is -0.422 e. The minimum atomic E-state index is -0.408. The molecular formula is C19H15N3O3S. The average molecular weight is 365 g/mol. The van der Waals surface area contributed by atoms with E-state index >= 15 is 0 Å². The van der Waals surface area contributed by atoms with Crippen molar-refractivity contribution in [2.75, 3.05) is 0 Å². The molecular weight excluding hydrogens is 350 g/mol. The Bertz CT molecular complexity index is 935. The van der Waals surface area contributed by atoms with Crippen LogP contribution < -0.4 is 10.2 Å². The summed E-state index contributed by atoms with van der Waals surface area (Å²) < 4.78 is 5.32. The number of nitrogens with one attached hydrogen (secondary N) is 1. The highest BCUT2D eigenvalue weighted by Crippen LogP contribution is 2.16. The summed E-state index contributed by atoms with van der Waals surface area (Å²) in [5, 5.41) is 5.73. The molecule has 2 heterocycles. The van der Waals surface area contributed by atoms with E-state index in [-0.39, 0.29) is 5.91 Å². The Labute approximate surface area is 154 Å². The Kier molecular flexibility index (Phi) is 5.50. The summed E-state index contributed by atoms with van der Waals surface area (Å²) in [7, 11) is 0. The van der Waals surface area contributed by atoms with E-state index in [9.17, 15) is 9.59 Å². The lowest BCUT2D eigenvalue weighted by molar-refractivity contribution is 0.0739. The second-order valence-electron chi connectivity index (χ2n) is 5.33. The monoisotopic (exact) mass is 365 g/mol. The molecule has 3 aromatic rings. The van der Waals surface area contributed by atoms with Gasteiger partial charge in [-0.2, -0.15) is 5.10 Å². The third-order valence-corrected chi connectivity index (χ3v) is 4.19. The van der Waals surface area contributed by atoms with E-state index < -0.39 is 5.97 Å². The summed E-state index contributed by atoms with van der Waals surface area (Å²) in [5.74, 6) is -0.357. The topological polar surface area (TPSA) is 80.6 Å². The second-order valence-corrected chi connectivity index (χ2v) is 6.27. The van der Waals surface area contributed by atoms with Gasteiger partial charge in [-0.05, 0) is 48.2 Å². The predicted molar refractivity (Wildman–Crippen MR) is 99.8 cm³/mol. The molecule has 1 N–H and O–H groups in total. The maximum atomic E-state index is 12.0. The number of ether oxygens (including phenoxy) is 1. The Hall–Kier alpha value is -3.32. The first-order valence-corrected chi connectivity index (χ1v) is 8.61. The van der Waals surface area contributed by atoms with Crippen molar-refractivity contribution in [3.63, 3.8) is 0 Å². The quantitative estimate of drug-likeness (QED) is 0.325. The fourth-order valence-corrected chi connectivity index (χ4v) is 2.64. The molecule has 0 aliphatic heterocycles. The molecule has 6 nitrogen and oxygen atoms in total. The molecule has 0 fully saturated rings. The van der Waals surface area contributed by atoms with Crippen molar-refractivity contribution >= 4 is 29.4 Å². The van der Waals surface area contributed by atoms with E-state index in [2.05, 4.69) is 15.5 Å². The van der Waals surface area contributed by atoms with Crippen LogP contribution in [0.2, 0.25) is 0 Å². The lowest BCUT2D eigenvalue weighted by Crippen LogP contribution is -2.17. The van der Waals surface area contributed by atoms with Crippen LogP contribution in [0.25, 0.3) is 0 Å². The van der Waals surface area contributed by atoms with Gasteiger partial charge in [0.2, 0.25) is 0 Å². The van der Waals surface area contributed by atoms with Crippen LogP contribution in [0.3, 0.4) is 0 Å². The van der Waals surface area contributed by atoms with Gasteiger partial charge in [-0.1, -0.05) is 18.2 Å². The fourth-order valence-electron chi connectivity index (χ4n) is 2.04. The molecule has 0 saturated heterocycles. The summed E-state index contributed by atoms with van der Waals surface area (Å²) in [4.78, 5) is 28.5. The van der Waals surface area contributed by atoms with Crippen molar-refractivity contribution in [2.24, 2.45) is 5.10 Å². The zero-order chi connectivity index (χ0) is 18.4. The van der Waals surface area contributed by atoms with Crippen molar-refractivity contribution < 1.29 is 14.3 Å². The van der Waals surface area contributed by atoms with Gasteiger partial charge in [0, 0.05) is 11.9 Å². The lowest BCUT2D eigenvalue weighted by Gasteiger charge is -2.03. The number of aromatic nitrogens is 1. The van der Waals surface area contributed by atoms with Gasteiger partial charge in [0.15, 0.2) is 0 Å². The number of hydrazone groups is 1. The third kappa shape index (κ3) is 4.61. The van der Waals surface area contributed by atoms with Crippen LogP contribution in [0.1, 0.15) is 31.3 Å². The Balaban J connectivity index is 1.61. The molecule has 0 spiro atoms. The van der Waals surface area contributed by atoms with Crippen LogP contribution in [0.15, 0.2) is 65.2 Å². The number of hydrogen-bond acceptors (Lipinski definition) is 6. The highest BCUT2D eigenvalue weighted by Gasteiger charge is 2.09. The normalized spacial score (nSPS) is 10.7. The number of pyridine rings is 1. The molecule has 3 rings (SSSR count). The smallest absolute Gasteiger partial charge is 0.353 e. The summed E-state index contributed by atoms with van der Waals surface area (Å²) in [5.41, 5.74) is 4.37. The van der Waals surface area contributed by atoms with Gasteiger partial charge in [-0.25, -0.2) is 10.2 Å². The van der Waals surface area contributed by atoms with Crippen LogP contribution in [0, 0.1) is 6.92 Å². The van der Waals surface area contributed by atoms with Crippen molar-refractivity contribution in [3.8, 4) is 5.75 Å². The Morgan fingerprint density at radius 3 is 2.81 bits per heavy atom. The Morgan fingerprint density at radius 1 is 1.19 bits per heavy atom. The zero-order valence-corrected chi connectivity index (χ0v) is 14.7. The number of hydrogen-bond donors (Lipinski definition) is 1. The molecule has 26 heavy (non-hydrogen) atoms. The highest BCUT2D eigenvalue weighted by molar-refractivity contribution is 7.12. The number of carbonyl (C=O) groups is 2. The first kappa shape index (κ1) is 17.5. The summed E-state index contributed by atoms with van der Waals surface area (Å²) in [6.45, 7) is 1.85. The number of thiophene rings is 1. The molecule has 2 aromatic heterocycles. The van der Waals surface area contributed by atoms with Crippen LogP contribution in [-0.2, 0) is 0 Å². The maximum absolute atomic E-state index is 12.0. The SMILES string of the molecule is Cc1ccc(C(=O)N/N=C/c2cccc(OC(=O)c3cccs3)c2)cn1. The van der Waals surface area contributed by atoms with Gasteiger partial charge in [0.25, 0.3) is 5.91 Å². The predicted octanol–water partition coefficient (Wildman–Crippen LogP) is 3.43. The van der Waals surface area contributed by atoms with Gasteiger partial charge >= 0.3 is 5.97 Å². The van der Waals surface area contributed by atoms with E-state index in [0.29, 0.717) is 21.8 Å². The van der Waals surface area contributed by atoms with Crippen LogP contribution in [0.4, 0.5) is 0 Å². The molecule has 130 valence electrons. The first-order valence-electron chi connectivity index (χ1n) is 7.73. The number of rotatable bonds is 5. The van der Waals surface area contributed by atoms with E-state index in [1.165, 1.54) is 23.7 Å². The molecule has 1 aromatic carbocycles. The third-order valence-electron chi connectivity index (χ3n) is 3.34. The molecule has 0 bridgehead atoms. The van der Waals surface area contributed by atoms with E-state index in [4.69, 9.17) is 4.74 Å².